The largest absolute Gasteiger partial charge is 0.464 e. The van der Waals surface area contributed by atoms with E-state index in [0.717, 1.165) is 0 Å². The van der Waals surface area contributed by atoms with Crippen molar-refractivity contribution in [2.24, 2.45) is 0 Å². The van der Waals surface area contributed by atoms with Crippen molar-refractivity contribution in [3.63, 3.8) is 0 Å². The number of aliphatic hydroxyl groups excluding tert-OH is 1. The van der Waals surface area contributed by atoms with Crippen LogP contribution >= 0.6 is 0 Å². The van der Waals surface area contributed by atoms with Crippen molar-refractivity contribution in [3.8, 4) is 11.1 Å². The Balaban J connectivity index is 0.000000158. The lowest BCUT2D eigenvalue weighted by Gasteiger charge is -2.10. The van der Waals surface area contributed by atoms with E-state index in [-0.39, 0.29) is 0 Å². The minimum atomic E-state index is -0.940. The van der Waals surface area contributed by atoms with Crippen molar-refractivity contribution in [2.75, 3.05) is 6.61 Å². The van der Waals surface area contributed by atoms with E-state index in [1.54, 1.807) is 13.8 Å². The Morgan fingerprint density at radius 3 is 1.93 bits per heavy atom. The van der Waals surface area contributed by atoms with E-state index >= 15 is 0 Å². The van der Waals surface area contributed by atoms with E-state index in [4.69, 9.17) is 5.11 Å². The molecule has 15 heavy (non-hydrogen) atoms. The van der Waals surface area contributed by atoms with Crippen molar-refractivity contribution in [3.05, 3.63) is 24.3 Å². The summed E-state index contributed by atoms with van der Waals surface area (Å²) in [6, 6.07) is 8.48. The van der Waals surface area contributed by atoms with Crippen molar-refractivity contribution in [1.29, 1.82) is 0 Å². The molecule has 1 unspecified atom stereocenters. The van der Waals surface area contributed by atoms with Crippen LogP contribution < -0.4 is 0 Å². The molecule has 82 valence electrons. The summed E-state index contributed by atoms with van der Waals surface area (Å²) in [5.74, 6) is -0.528. The predicted molar refractivity (Wildman–Crippen MR) is 58.4 cm³/mol. The van der Waals surface area contributed by atoms with Gasteiger partial charge in [0.15, 0.2) is 6.10 Å². The number of ether oxygens (including phenoxy) is 1. The third-order valence-electron chi connectivity index (χ3n) is 2.16. The van der Waals surface area contributed by atoms with E-state index < -0.39 is 12.1 Å². The average Bonchev–Trinajstić information content (AvgIpc) is 2.23. The molecule has 0 aromatic heterocycles. The molecule has 0 amide bonds. The monoisotopic (exact) mass is 208 g/mol. The summed E-state index contributed by atoms with van der Waals surface area (Å²) in [6.07, 6.45) is -0.524. The first-order valence-electron chi connectivity index (χ1n) is 5.14. The molecule has 0 aromatic rings. The van der Waals surface area contributed by atoms with Crippen LogP contribution in [0.4, 0.5) is 0 Å². The fourth-order valence-corrected chi connectivity index (χ4v) is 1.07. The van der Waals surface area contributed by atoms with Crippen LogP contribution in [0.25, 0.3) is 11.1 Å². The topological polar surface area (TPSA) is 46.5 Å². The number of carbonyl (C=O) groups excluding carboxylic acids is 1. The summed E-state index contributed by atoms with van der Waals surface area (Å²) in [5, 5.41) is 8.78. The number of esters is 1. The Hall–Kier alpha value is -1.35. The summed E-state index contributed by atoms with van der Waals surface area (Å²) in [6.45, 7) is 3.76. The highest BCUT2D eigenvalue weighted by Gasteiger charge is 2.11. The molecule has 3 heteroatoms. The molecule has 0 fully saturated rings. The van der Waals surface area contributed by atoms with Gasteiger partial charge in [0.25, 0.3) is 0 Å². The molecule has 0 bridgehead atoms. The number of hydrogen-bond donors (Lipinski definition) is 1. The van der Waals surface area contributed by atoms with Crippen LogP contribution in [-0.4, -0.2) is 23.8 Å². The Morgan fingerprint density at radius 1 is 1.27 bits per heavy atom. The molecular weight excluding hydrogens is 192 g/mol. The lowest BCUT2D eigenvalue weighted by Crippen LogP contribution is -2.21. The van der Waals surface area contributed by atoms with Crippen LogP contribution in [0.15, 0.2) is 24.3 Å². The lowest BCUT2D eigenvalue weighted by molar-refractivity contribution is -0.153. The SMILES string of the molecule is CCOC(=O)C(O)CC.c1cc2ccc1-2. The summed E-state index contributed by atoms with van der Waals surface area (Å²) in [4.78, 5) is 10.5. The summed E-state index contributed by atoms with van der Waals surface area (Å²) >= 11 is 0. The standard InChI is InChI=1S/C6H12O3.C6H4/c1-3-5(7)6(8)9-4-2;1-2-6-4-3-5(1)6/h5,7H,3-4H2,1-2H3;1-4H. The maximum absolute atomic E-state index is 10.5. The van der Waals surface area contributed by atoms with Crippen molar-refractivity contribution in [1.82, 2.24) is 0 Å². The van der Waals surface area contributed by atoms with Crippen LogP contribution in [0.5, 0.6) is 0 Å². The van der Waals surface area contributed by atoms with Crippen LogP contribution in [-0.2, 0) is 9.53 Å². The van der Waals surface area contributed by atoms with E-state index in [2.05, 4.69) is 29.0 Å². The van der Waals surface area contributed by atoms with Gasteiger partial charge in [-0.1, -0.05) is 31.2 Å². The van der Waals surface area contributed by atoms with Crippen LogP contribution in [0.1, 0.15) is 20.3 Å². The first-order chi connectivity index (χ1) is 7.19. The second-order valence-corrected chi connectivity index (χ2v) is 3.25. The molecule has 0 spiro atoms. The van der Waals surface area contributed by atoms with Crippen LogP contribution in [0.2, 0.25) is 0 Å². The van der Waals surface area contributed by atoms with E-state index in [9.17, 15) is 4.79 Å². The fourth-order valence-electron chi connectivity index (χ4n) is 1.07. The molecule has 1 atom stereocenters. The third-order valence-corrected chi connectivity index (χ3v) is 2.16. The molecule has 0 radical (unpaired) electrons. The third kappa shape index (κ3) is 3.06. The van der Waals surface area contributed by atoms with Gasteiger partial charge >= 0.3 is 5.97 Å². The van der Waals surface area contributed by atoms with Gasteiger partial charge in [0.1, 0.15) is 0 Å². The number of benzene rings is 1. The number of hydrogen-bond acceptors (Lipinski definition) is 3. The Labute approximate surface area is 89.7 Å². The molecular formula is C12H16O3. The maximum Gasteiger partial charge on any atom is 0.334 e. The number of aliphatic hydroxyl groups is 1. The fraction of sp³-hybridized carbons (Fsp3) is 0.417. The highest BCUT2D eigenvalue weighted by molar-refractivity contribution is 5.75. The quantitative estimate of drug-likeness (QED) is 0.784. The summed E-state index contributed by atoms with van der Waals surface area (Å²) < 4.78 is 4.51. The molecule has 0 saturated heterocycles. The van der Waals surface area contributed by atoms with Gasteiger partial charge in [-0.25, -0.2) is 4.79 Å². The van der Waals surface area contributed by atoms with E-state index in [1.807, 2.05) is 0 Å². The van der Waals surface area contributed by atoms with E-state index in [0.29, 0.717) is 13.0 Å². The first-order valence-corrected chi connectivity index (χ1v) is 5.14. The van der Waals surface area contributed by atoms with Gasteiger partial charge in [-0.15, -0.1) is 0 Å². The number of rotatable bonds is 3. The van der Waals surface area contributed by atoms with Gasteiger partial charge in [-0.3, -0.25) is 0 Å². The van der Waals surface area contributed by atoms with Gasteiger partial charge in [0, 0.05) is 0 Å². The van der Waals surface area contributed by atoms with Crippen molar-refractivity contribution >= 4 is 5.97 Å². The maximum atomic E-state index is 10.5. The second-order valence-electron chi connectivity index (χ2n) is 3.25. The molecule has 0 aliphatic heterocycles. The minimum Gasteiger partial charge on any atom is -0.464 e. The van der Waals surface area contributed by atoms with Gasteiger partial charge in [0.05, 0.1) is 6.61 Å². The molecule has 0 heterocycles. The molecule has 2 rings (SSSR count). The molecule has 0 aromatic carbocycles. The Kier molecular flexibility index (Phi) is 4.31. The highest BCUT2D eigenvalue weighted by Crippen LogP contribution is 2.29. The first kappa shape index (κ1) is 11.7. The second kappa shape index (κ2) is 5.51. The van der Waals surface area contributed by atoms with Gasteiger partial charge in [-0.05, 0) is 24.5 Å². The van der Waals surface area contributed by atoms with Gasteiger partial charge in [-0.2, -0.15) is 0 Å². The van der Waals surface area contributed by atoms with Crippen molar-refractivity contribution in [2.45, 2.75) is 26.4 Å². The molecule has 1 N–H and O–H groups in total. The summed E-state index contributed by atoms with van der Waals surface area (Å²) in [7, 11) is 0. The van der Waals surface area contributed by atoms with Gasteiger partial charge < -0.3 is 9.84 Å². The molecule has 3 nitrogen and oxygen atoms in total. The Bertz CT molecular complexity index is 295. The summed E-state index contributed by atoms with van der Waals surface area (Å²) in [5.41, 5.74) is 2.85. The average molecular weight is 208 g/mol. The van der Waals surface area contributed by atoms with Crippen LogP contribution in [0.3, 0.4) is 0 Å². The minimum absolute atomic E-state index is 0.329. The molecule has 0 saturated carbocycles. The zero-order chi connectivity index (χ0) is 11.3. The highest BCUT2D eigenvalue weighted by atomic mass is 16.5. The number of carbonyl (C=O) groups is 1. The van der Waals surface area contributed by atoms with Gasteiger partial charge in [0.2, 0.25) is 0 Å². The molecule has 2 aliphatic rings. The Morgan fingerprint density at radius 2 is 1.73 bits per heavy atom. The zero-order valence-electron chi connectivity index (χ0n) is 9.06. The van der Waals surface area contributed by atoms with E-state index in [1.165, 1.54) is 11.1 Å². The number of fused-ring (bicyclic) bond motifs is 1. The van der Waals surface area contributed by atoms with Crippen molar-refractivity contribution < 1.29 is 14.6 Å². The zero-order valence-corrected chi connectivity index (χ0v) is 9.06. The predicted octanol–water partition coefficient (Wildman–Crippen LogP) is 1.99. The smallest absolute Gasteiger partial charge is 0.334 e. The molecule has 2 aliphatic carbocycles. The lowest BCUT2D eigenvalue weighted by atomic mass is 9.95. The van der Waals surface area contributed by atoms with Crippen LogP contribution in [0, 0.1) is 0 Å². The normalized spacial score (nSPS) is 12.2.